The zero-order valence-electron chi connectivity index (χ0n) is 10.7. The molecule has 0 amide bonds. The van der Waals surface area contributed by atoms with Gasteiger partial charge in [0, 0.05) is 10.9 Å². The third kappa shape index (κ3) is 2.38. The molecule has 0 heterocycles. The summed E-state index contributed by atoms with van der Waals surface area (Å²) in [5.74, 6) is -0.647. The van der Waals surface area contributed by atoms with Crippen LogP contribution in [0.5, 0.6) is 0 Å². The molecular formula is C16H13BrF2O. The van der Waals surface area contributed by atoms with Crippen LogP contribution in [0.25, 0.3) is 0 Å². The molecule has 4 heteroatoms. The van der Waals surface area contributed by atoms with E-state index in [-0.39, 0.29) is 18.1 Å². The Morgan fingerprint density at radius 2 is 1.95 bits per heavy atom. The number of hydrogen-bond donors (Lipinski definition) is 1. The second kappa shape index (κ2) is 4.93. The fraction of sp³-hybridized carbons (Fsp3) is 0.250. The summed E-state index contributed by atoms with van der Waals surface area (Å²) < 4.78 is 27.8. The van der Waals surface area contributed by atoms with Crippen molar-refractivity contribution < 1.29 is 13.9 Å². The first kappa shape index (κ1) is 13.7. The molecule has 1 nitrogen and oxygen atoms in total. The van der Waals surface area contributed by atoms with E-state index in [1.54, 1.807) is 18.2 Å². The van der Waals surface area contributed by atoms with Gasteiger partial charge in [0.1, 0.15) is 11.6 Å². The van der Waals surface area contributed by atoms with Crippen LogP contribution in [0.2, 0.25) is 0 Å². The average molecular weight is 339 g/mol. The molecule has 0 aliphatic heterocycles. The van der Waals surface area contributed by atoms with Crippen molar-refractivity contribution >= 4 is 15.9 Å². The molecule has 1 N–H and O–H groups in total. The quantitative estimate of drug-likeness (QED) is 0.873. The van der Waals surface area contributed by atoms with E-state index in [9.17, 15) is 13.9 Å². The van der Waals surface area contributed by atoms with Gasteiger partial charge in [-0.15, -0.1) is 0 Å². The van der Waals surface area contributed by atoms with Crippen LogP contribution >= 0.6 is 15.9 Å². The van der Waals surface area contributed by atoms with Crippen molar-refractivity contribution in [1.29, 1.82) is 0 Å². The Hall–Kier alpha value is -1.26. The zero-order chi connectivity index (χ0) is 14.3. The van der Waals surface area contributed by atoms with Crippen LogP contribution in [0.1, 0.15) is 23.1 Å². The Kier molecular flexibility index (Phi) is 3.38. The highest BCUT2D eigenvalue weighted by Gasteiger charge is 2.37. The van der Waals surface area contributed by atoms with Crippen molar-refractivity contribution in [3.8, 4) is 0 Å². The molecular weight excluding hydrogens is 326 g/mol. The normalized spacial score (nSPS) is 21.0. The zero-order valence-corrected chi connectivity index (χ0v) is 12.3. The summed E-state index contributed by atoms with van der Waals surface area (Å²) in [6.45, 7) is 0. The van der Waals surface area contributed by atoms with E-state index in [0.717, 1.165) is 5.56 Å². The van der Waals surface area contributed by atoms with Crippen molar-refractivity contribution in [2.75, 3.05) is 0 Å². The molecule has 2 aromatic carbocycles. The summed E-state index contributed by atoms with van der Waals surface area (Å²) in [7, 11) is 0. The van der Waals surface area contributed by atoms with Crippen molar-refractivity contribution in [2.45, 2.75) is 24.9 Å². The van der Waals surface area contributed by atoms with E-state index < -0.39 is 5.60 Å². The van der Waals surface area contributed by atoms with Gasteiger partial charge in [-0.25, -0.2) is 8.78 Å². The van der Waals surface area contributed by atoms with E-state index in [0.29, 0.717) is 28.4 Å². The van der Waals surface area contributed by atoms with Crippen LogP contribution in [0, 0.1) is 11.6 Å². The SMILES string of the molecule is OC1(Cc2ccc(Br)cc2F)CCc2cc(F)ccc21. The van der Waals surface area contributed by atoms with Gasteiger partial charge in [-0.05, 0) is 53.8 Å². The predicted molar refractivity (Wildman–Crippen MR) is 76.4 cm³/mol. The maximum absolute atomic E-state index is 13.9. The van der Waals surface area contributed by atoms with Gasteiger partial charge in [-0.3, -0.25) is 0 Å². The molecule has 0 fully saturated rings. The monoisotopic (exact) mass is 338 g/mol. The molecule has 1 aliphatic rings. The van der Waals surface area contributed by atoms with Gasteiger partial charge in [0.2, 0.25) is 0 Å². The Bertz CT molecular complexity index is 672. The molecule has 1 unspecified atom stereocenters. The second-order valence-electron chi connectivity index (χ2n) is 5.25. The highest BCUT2D eigenvalue weighted by Crippen LogP contribution is 2.40. The first-order valence-corrected chi connectivity index (χ1v) is 7.22. The van der Waals surface area contributed by atoms with E-state index in [1.807, 2.05) is 0 Å². The van der Waals surface area contributed by atoms with E-state index in [1.165, 1.54) is 18.2 Å². The highest BCUT2D eigenvalue weighted by molar-refractivity contribution is 9.10. The van der Waals surface area contributed by atoms with Gasteiger partial charge in [0.25, 0.3) is 0 Å². The topological polar surface area (TPSA) is 20.2 Å². The average Bonchev–Trinajstić information content (AvgIpc) is 2.70. The lowest BCUT2D eigenvalue weighted by atomic mass is 9.88. The third-order valence-electron chi connectivity index (χ3n) is 3.87. The number of hydrogen-bond acceptors (Lipinski definition) is 1. The van der Waals surface area contributed by atoms with Crippen LogP contribution in [-0.4, -0.2) is 5.11 Å². The number of aliphatic hydroxyl groups is 1. The van der Waals surface area contributed by atoms with Crippen molar-refractivity contribution in [3.05, 3.63) is 69.2 Å². The summed E-state index contributed by atoms with van der Waals surface area (Å²) in [5.41, 5.74) is 0.872. The highest BCUT2D eigenvalue weighted by atomic mass is 79.9. The van der Waals surface area contributed by atoms with E-state index in [2.05, 4.69) is 15.9 Å². The number of benzene rings is 2. The molecule has 1 atom stereocenters. The van der Waals surface area contributed by atoms with Gasteiger partial charge < -0.3 is 5.11 Å². The van der Waals surface area contributed by atoms with Gasteiger partial charge >= 0.3 is 0 Å². The number of aryl methyl sites for hydroxylation is 1. The molecule has 0 spiro atoms. The summed E-state index contributed by atoms with van der Waals surface area (Å²) in [6, 6.07) is 9.20. The molecule has 0 aromatic heterocycles. The van der Waals surface area contributed by atoms with Crippen molar-refractivity contribution in [3.63, 3.8) is 0 Å². The maximum Gasteiger partial charge on any atom is 0.127 e. The largest absolute Gasteiger partial charge is 0.385 e. The van der Waals surface area contributed by atoms with Crippen LogP contribution in [0.4, 0.5) is 8.78 Å². The van der Waals surface area contributed by atoms with Gasteiger partial charge in [-0.1, -0.05) is 28.1 Å². The Balaban J connectivity index is 1.96. The van der Waals surface area contributed by atoms with Crippen LogP contribution in [0.3, 0.4) is 0 Å². The molecule has 0 bridgehead atoms. The molecule has 104 valence electrons. The van der Waals surface area contributed by atoms with Crippen LogP contribution in [0.15, 0.2) is 40.9 Å². The lowest BCUT2D eigenvalue weighted by molar-refractivity contribution is 0.0381. The predicted octanol–water partition coefficient (Wildman–Crippen LogP) is 4.10. The number of fused-ring (bicyclic) bond motifs is 1. The van der Waals surface area contributed by atoms with Gasteiger partial charge in [-0.2, -0.15) is 0 Å². The molecule has 0 saturated carbocycles. The standard InChI is InChI=1S/C16H13BrF2O/c17-12-2-1-11(15(19)8-12)9-16(20)6-5-10-7-13(18)3-4-14(10)16/h1-4,7-8,20H,5-6,9H2. The van der Waals surface area contributed by atoms with E-state index in [4.69, 9.17) is 0 Å². The van der Waals surface area contributed by atoms with E-state index >= 15 is 0 Å². The number of rotatable bonds is 2. The van der Waals surface area contributed by atoms with Gasteiger partial charge in [0.15, 0.2) is 0 Å². The smallest absolute Gasteiger partial charge is 0.127 e. The van der Waals surface area contributed by atoms with Crippen molar-refractivity contribution in [2.24, 2.45) is 0 Å². The minimum Gasteiger partial charge on any atom is -0.385 e. The van der Waals surface area contributed by atoms with Crippen LogP contribution in [-0.2, 0) is 18.4 Å². The molecule has 0 saturated heterocycles. The summed E-state index contributed by atoms with van der Waals surface area (Å²) in [5, 5.41) is 10.8. The fourth-order valence-corrected chi connectivity index (χ4v) is 3.20. The van der Waals surface area contributed by atoms with Crippen LogP contribution < -0.4 is 0 Å². The summed E-state index contributed by atoms with van der Waals surface area (Å²) >= 11 is 3.21. The second-order valence-corrected chi connectivity index (χ2v) is 6.16. The third-order valence-corrected chi connectivity index (χ3v) is 4.37. The Morgan fingerprint density at radius 1 is 1.15 bits per heavy atom. The maximum atomic E-state index is 13.9. The molecule has 20 heavy (non-hydrogen) atoms. The lowest BCUT2D eigenvalue weighted by Crippen LogP contribution is -2.25. The molecule has 2 aromatic rings. The number of halogens is 3. The Morgan fingerprint density at radius 3 is 2.70 bits per heavy atom. The summed E-state index contributed by atoms with van der Waals surface area (Å²) in [6.07, 6.45) is 1.30. The fourth-order valence-electron chi connectivity index (χ4n) is 2.86. The Labute approximate surface area is 124 Å². The first-order chi connectivity index (χ1) is 9.48. The molecule has 1 aliphatic carbocycles. The first-order valence-electron chi connectivity index (χ1n) is 6.43. The molecule has 0 radical (unpaired) electrons. The minimum atomic E-state index is -1.11. The van der Waals surface area contributed by atoms with Gasteiger partial charge in [0.05, 0.1) is 5.60 Å². The lowest BCUT2D eigenvalue weighted by Gasteiger charge is -2.24. The summed E-state index contributed by atoms with van der Waals surface area (Å²) in [4.78, 5) is 0. The van der Waals surface area contributed by atoms with Crippen molar-refractivity contribution in [1.82, 2.24) is 0 Å². The minimum absolute atomic E-state index is 0.199. The molecule has 3 rings (SSSR count).